The smallest absolute Gasteiger partial charge is 0.255 e. The Balaban J connectivity index is 1.62. The molecular weight excluding hydrogens is 314 g/mol. The topological polar surface area (TPSA) is 55.6 Å². The summed E-state index contributed by atoms with van der Waals surface area (Å²) < 4.78 is 7.99. The first-order valence-corrected chi connectivity index (χ1v) is 9.39. The number of hydrogen-bond donors (Lipinski definition) is 1. The fourth-order valence-corrected chi connectivity index (χ4v) is 3.60. The largest absolute Gasteiger partial charge is 0.375 e. The highest BCUT2D eigenvalue weighted by molar-refractivity contribution is 6.00. The summed E-state index contributed by atoms with van der Waals surface area (Å²) in [6.45, 7) is 8.27. The van der Waals surface area contributed by atoms with Gasteiger partial charge >= 0.3 is 0 Å². The second-order valence-corrected chi connectivity index (χ2v) is 7.26. The molecule has 2 aromatic heterocycles. The highest BCUT2D eigenvalue weighted by atomic mass is 16.5. The minimum Gasteiger partial charge on any atom is -0.375 e. The van der Waals surface area contributed by atoms with Crippen LogP contribution in [0.3, 0.4) is 0 Å². The van der Waals surface area contributed by atoms with Crippen molar-refractivity contribution in [2.75, 3.05) is 0 Å². The molecule has 1 aliphatic rings. The molecular formula is C20H29N3O2. The van der Waals surface area contributed by atoms with E-state index < -0.39 is 0 Å². The average Bonchev–Trinajstić information content (AvgIpc) is 3.00. The van der Waals surface area contributed by atoms with E-state index in [9.17, 15) is 4.79 Å². The minimum atomic E-state index is -0.0219. The molecule has 0 unspecified atom stereocenters. The maximum atomic E-state index is 12.7. The molecule has 0 aromatic carbocycles. The Morgan fingerprint density at radius 3 is 2.76 bits per heavy atom. The fourth-order valence-electron chi connectivity index (χ4n) is 3.60. The Morgan fingerprint density at radius 2 is 2.08 bits per heavy atom. The zero-order valence-electron chi connectivity index (χ0n) is 15.7. The summed E-state index contributed by atoms with van der Waals surface area (Å²) in [5.41, 5.74) is 3.42. The van der Waals surface area contributed by atoms with Crippen molar-refractivity contribution in [2.24, 2.45) is 0 Å². The van der Waals surface area contributed by atoms with E-state index in [2.05, 4.69) is 24.1 Å². The summed E-state index contributed by atoms with van der Waals surface area (Å²) in [7, 11) is 0. The zero-order valence-corrected chi connectivity index (χ0v) is 15.7. The first-order valence-electron chi connectivity index (χ1n) is 9.39. The van der Waals surface area contributed by atoms with Gasteiger partial charge in [-0.1, -0.05) is 6.92 Å². The van der Waals surface area contributed by atoms with E-state index in [1.165, 1.54) is 0 Å². The van der Waals surface area contributed by atoms with Gasteiger partial charge < -0.3 is 14.5 Å². The van der Waals surface area contributed by atoms with Crippen molar-refractivity contribution >= 4 is 11.6 Å². The molecule has 0 bridgehead atoms. The van der Waals surface area contributed by atoms with Gasteiger partial charge in [0.15, 0.2) is 0 Å². The summed E-state index contributed by atoms with van der Waals surface area (Å²) in [4.78, 5) is 17.3. The molecule has 5 heteroatoms. The van der Waals surface area contributed by atoms with E-state index >= 15 is 0 Å². The van der Waals surface area contributed by atoms with Crippen LogP contribution in [-0.2, 0) is 4.74 Å². The van der Waals surface area contributed by atoms with Crippen LogP contribution in [0.2, 0.25) is 0 Å². The Kier molecular flexibility index (Phi) is 5.42. The number of fused-ring (bicyclic) bond motifs is 1. The standard InChI is InChI=1S/C20H29N3O2/c1-5-15(4)25-17-8-6-16(7-9-17)22-20(24)18-10-11-23-14(3)12-13(2)21-19(18)23/h10-12,15-17H,5-9H2,1-4H3,(H,22,24)/t15-,16?,17?/m0/s1. The summed E-state index contributed by atoms with van der Waals surface area (Å²) >= 11 is 0. The summed E-state index contributed by atoms with van der Waals surface area (Å²) in [6, 6.07) is 4.11. The first kappa shape index (κ1) is 17.9. The van der Waals surface area contributed by atoms with E-state index in [-0.39, 0.29) is 11.9 Å². The molecule has 0 saturated heterocycles. The van der Waals surface area contributed by atoms with Crippen LogP contribution in [0.25, 0.3) is 5.65 Å². The minimum absolute atomic E-state index is 0.0219. The van der Waals surface area contributed by atoms with Crippen LogP contribution in [-0.4, -0.2) is 33.5 Å². The van der Waals surface area contributed by atoms with Gasteiger partial charge in [-0.05, 0) is 65.0 Å². The van der Waals surface area contributed by atoms with Gasteiger partial charge in [-0.15, -0.1) is 0 Å². The molecule has 1 atom stereocenters. The third-order valence-electron chi connectivity index (χ3n) is 5.19. The van der Waals surface area contributed by atoms with E-state index in [0.717, 1.165) is 49.1 Å². The van der Waals surface area contributed by atoms with Crippen molar-refractivity contribution in [3.63, 3.8) is 0 Å². The second kappa shape index (κ2) is 7.56. The van der Waals surface area contributed by atoms with Gasteiger partial charge in [0.1, 0.15) is 5.65 Å². The quantitative estimate of drug-likeness (QED) is 0.898. The number of aryl methyl sites for hydroxylation is 2. The lowest BCUT2D eigenvalue weighted by molar-refractivity contribution is -0.0257. The van der Waals surface area contributed by atoms with Crippen LogP contribution in [0.15, 0.2) is 18.3 Å². The van der Waals surface area contributed by atoms with Crippen molar-refractivity contribution in [3.8, 4) is 0 Å². The Bertz CT molecular complexity index is 745. The lowest BCUT2D eigenvalue weighted by atomic mass is 9.92. The number of carbonyl (C=O) groups excluding carboxylic acids is 1. The molecule has 0 spiro atoms. The molecule has 1 N–H and O–H groups in total. The summed E-state index contributed by atoms with van der Waals surface area (Å²) in [5, 5.41) is 3.19. The van der Waals surface area contributed by atoms with Gasteiger partial charge in [0, 0.05) is 23.6 Å². The van der Waals surface area contributed by atoms with E-state index in [1.807, 2.05) is 36.6 Å². The van der Waals surface area contributed by atoms with E-state index in [1.54, 1.807) is 0 Å². The number of hydrogen-bond acceptors (Lipinski definition) is 3. The van der Waals surface area contributed by atoms with Gasteiger partial charge in [0.05, 0.1) is 17.8 Å². The Hall–Kier alpha value is -1.88. The van der Waals surface area contributed by atoms with Crippen LogP contribution < -0.4 is 5.32 Å². The Morgan fingerprint density at radius 1 is 1.36 bits per heavy atom. The molecule has 2 heterocycles. The number of carbonyl (C=O) groups is 1. The van der Waals surface area contributed by atoms with Crippen LogP contribution in [0.1, 0.15) is 67.7 Å². The number of amides is 1. The molecule has 2 aromatic rings. The van der Waals surface area contributed by atoms with Gasteiger partial charge in [-0.25, -0.2) is 4.98 Å². The zero-order chi connectivity index (χ0) is 18.0. The monoisotopic (exact) mass is 343 g/mol. The number of rotatable bonds is 5. The summed E-state index contributed by atoms with van der Waals surface area (Å²) in [6.07, 6.45) is 7.61. The summed E-state index contributed by atoms with van der Waals surface area (Å²) in [5.74, 6) is -0.0219. The predicted molar refractivity (Wildman–Crippen MR) is 99.0 cm³/mol. The van der Waals surface area contributed by atoms with Crippen molar-refractivity contribution in [1.82, 2.24) is 14.7 Å². The van der Waals surface area contributed by atoms with Crippen LogP contribution in [0.4, 0.5) is 0 Å². The van der Waals surface area contributed by atoms with Crippen LogP contribution in [0, 0.1) is 13.8 Å². The third kappa shape index (κ3) is 4.03. The van der Waals surface area contributed by atoms with E-state index in [4.69, 9.17) is 4.74 Å². The van der Waals surface area contributed by atoms with E-state index in [0.29, 0.717) is 17.8 Å². The van der Waals surface area contributed by atoms with Crippen molar-refractivity contribution < 1.29 is 9.53 Å². The van der Waals surface area contributed by atoms with Gasteiger partial charge in [0.25, 0.3) is 5.91 Å². The maximum Gasteiger partial charge on any atom is 0.255 e. The predicted octanol–water partition coefficient (Wildman–Crippen LogP) is 3.81. The molecule has 1 saturated carbocycles. The molecule has 5 nitrogen and oxygen atoms in total. The number of aromatic nitrogens is 2. The fraction of sp³-hybridized carbons (Fsp3) is 0.600. The van der Waals surface area contributed by atoms with Crippen molar-refractivity contribution in [3.05, 3.63) is 35.3 Å². The normalized spacial score (nSPS) is 22.1. The SMILES string of the molecule is CC[C@H](C)OC1CCC(NC(=O)c2ccn3c(C)cc(C)nc23)CC1. The highest BCUT2D eigenvalue weighted by Crippen LogP contribution is 2.23. The molecule has 136 valence electrons. The van der Waals surface area contributed by atoms with Gasteiger partial charge in [-0.3, -0.25) is 4.79 Å². The van der Waals surface area contributed by atoms with Crippen LogP contribution in [0.5, 0.6) is 0 Å². The van der Waals surface area contributed by atoms with Gasteiger partial charge in [-0.2, -0.15) is 0 Å². The van der Waals surface area contributed by atoms with Crippen molar-refractivity contribution in [1.29, 1.82) is 0 Å². The molecule has 3 rings (SSSR count). The molecule has 1 aliphatic carbocycles. The molecule has 1 fully saturated rings. The molecule has 1 amide bonds. The maximum absolute atomic E-state index is 12.7. The molecule has 0 radical (unpaired) electrons. The third-order valence-corrected chi connectivity index (χ3v) is 5.19. The van der Waals surface area contributed by atoms with Crippen LogP contribution >= 0.6 is 0 Å². The molecule has 0 aliphatic heterocycles. The lowest BCUT2D eigenvalue weighted by Crippen LogP contribution is -2.39. The number of ether oxygens (including phenoxy) is 1. The first-order chi connectivity index (χ1) is 12.0. The average molecular weight is 343 g/mol. The number of nitrogens with zero attached hydrogens (tertiary/aromatic N) is 2. The highest BCUT2D eigenvalue weighted by Gasteiger charge is 2.25. The lowest BCUT2D eigenvalue weighted by Gasteiger charge is -2.30. The number of nitrogens with one attached hydrogen (secondary N) is 1. The van der Waals surface area contributed by atoms with Gasteiger partial charge in [0.2, 0.25) is 0 Å². The van der Waals surface area contributed by atoms with Crippen molar-refractivity contribution in [2.45, 2.75) is 78.0 Å². The second-order valence-electron chi connectivity index (χ2n) is 7.26. The Labute approximate surface area is 149 Å². The molecule has 25 heavy (non-hydrogen) atoms.